The van der Waals surface area contributed by atoms with Crippen molar-refractivity contribution in [3.05, 3.63) is 53.1 Å². The van der Waals surface area contributed by atoms with Crippen LogP contribution in [0.4, 0.5) is 11.4 Å². The van der Waals surface area contributed by atoms with Crippen molar-refractivity contribution >= 4 is 34.7 Å². The molecule has 4 heteroatoms. The Hall–Kier alpha value is -1.32. The molecule has 0 aliphatic heterocycles. The number of benzene rings is 2. The molecule has 1 unspecified atom stereocenters. The van der Waals surface area contributed by atoms with Gasteiger partial charge in [-0.3, -0.25) is 0 Å². The average Bonchev–Trinajstić information content (AvgIpc) is 2.47. The SMILES string of the molecule is CSc1ccc(C(C)Nc2cc(Cl)ccc2N(C)C)cc1. The van der Waals surface area contributed by atoms with Crippen molar-refractivity contribution in [3.63, 3.8) is 0 Å². The summed E-state index contributed by atoms with van der Waals surface area (Å²) in [5.41, 5.74) is 3.44. The molecule has 2 nitrogen and oxygen atoms in total. The van der Waals surface area contributed by atoms with Gasteiger partial charge in [-0.25, -0.2) is 0 Å². The number of hydrogen-bond acceptors (Lipinski definition) is 3. The van der Waals surface area contributed by atoms with Crippen LogP contribution < -0.4 is 10.2 Å². The van der Waals surface area contributed by atoms with Crippen LogP contribution in [0.3, 0.4) is 0 Å². The van der Waals surface area contributed by atoms with E-state index in [1.54, 1.807) is 11.8 Å². The van der Waals surface area contributed by atoms with Crippen molar-refractivity contribution in [3.8, 4) is 0 Å². The average molecular weight is 321 g/mol. The first-order valence-electron chi connectivity index (χ1n) is 6.88. The molecule has 0 bridgehead atoms. The van der Waals surface area contributed by atoms with E-state index in [2.05, 4.69) is 47.7 Å². The van der Waals surface area contributed by atoms with Gasteiger partial charge in [-0.2, -0.15) is 0 Å². The molecule has 2 aromatic rings. The van der Waals surface area contributed by atoms with Crippen molar-refractivity contribution in [2.24, 2.45) is 0 Å². The zero-order chi connectivity index (χ0) is 15.4. The summed E-state index contributed by atoms with van der Waals surface area (Å²) in [6.45, 7) is 2.16. The van der Waals surface area contributed by atoms with Crippen molar-refractivity contribution in [2.75, 3.05) is 30.6 Å². The van der Waals surface area contributed by atoms with Crippen LogP contribution >= 0.6 is 23.4 Å². The second-order valence-electron chi connectivity index (χ2n) is 5.20. The number of halogens is 1. The largest absolute Gasteiger partial charge is 0.377 e. The van der Waals surface area contributed by atoms with E-state index in [0.29, 0.717) is 0 Å². The van der Waals surface area contributed by atoms with E-state index in [1.807, 2.05) is 32.3 Å². The summed E-state index contributed by atoms with van der Waals surface area (Å²) in [5, 5.41) is 4.30. The molecule has 0 aliphatic rings. The highest BCUT2D eigenvalue weighted by Crippen LogP contribution is 2.31. The van der Waals surface area contributed by atoms with E-state index in [0.717, 1.165) is 16.4 Å². The van der Waals surface area contributed by atoms with Gasteiger partial charge >= 0.3 is 0 Å². The Balaban J connectivity index is 2.21. The van der Waals surface area contributed by atoms with Crippen molar-refractivity contribution in [1.82, 2.24) is 0 Å². The van der Waals surface area contributed by atoms with Gasteiger partial charge in [0.25, 0.3) is 0 Å². The van der Waals surface area contributed by atoms with E-state index in [4.69, 9.17) is 11.6 Å². The van der Waals surface area contributed by atoms with E-state index in [-0.39, 0.29) is 6.04 Å². The molecule has 2 aromatic carbocycles. The smallest absolute Gasteiger partial charge is 0.0598 e. The Morgan fingerprint density at radius 3 is 2.33 bits per heavy atom. The third-order valence-electron chi connectivity index (χ3n) is 3.43. The van der Waals surface area contributed by atoms with Gasteiger partial charge in [-0.1, -0.05) is 23.7 Å². The summed E-state index contributed by atoms with van der Waals surface area (Å²) in [6, 6.07) is 14.8. The second kappa shape index (κ2) is 7.10. The van der Waals surface area contributed by atoms with Gasteiger partial charge in [-0.05, 0) is 49.1 Å². The molecule has 0 amide bonds. The number of thioether (sulfide) groups is 1. The molecule has 0 radical (unpaired) electrons. The number of anilines is 2. The summed E-state index contributed by atoms with van der Waals surface area (Å²) in [5.74, 6) is 0. The zero-order valence-electron chi connectivity index (χ0n) is 12.9. The quantitative estimate of drug-likeness (QED) is 0.752. The molecule has 0 aromatic heterocycles. The molecular formula is C17H21ClN2S. The number of hydrogen-bond donors (Lipinski definition) is 1. The second-order valence-corrected chi connectivity index (χ2v) is 6.51. The fourth-order valence-electron chi connectivity index (χ4n) is 2.22. The van der Waals surface area contributed by atoms with Gasteiger partial charge in [0.05, 0.1) is 11.4 Å². The van der Waals surface area contributed by atoms with Crippen LogP contribution in [0.15, 0.2) is 47.4 Å². The lowest BCUT2D eigenvalue weighted by Gasteiger charge is -2.22. The first kappa shape index (κ1) is 16.1. The van der Waals surface area contributed by atoms with Gasteiger partial charge in [-0.15, -0.1) is 11.8 Å². The Kier molecular flexibility index (Phi) is 5.43. The molecule has 0 fully saturated rings. The minimum absolute atomic E-state index is 0.220. The van der Waals surface area contributed by atoms with Crippen molar-refractivity contribution in [1.29, 1.82) is 0 Å². The van der Waals surface area contributed by atoms with E-state index in [9.17, 15) is 0 Å². The molecule has 112 valence electrons. The highest BCUT2D eigenvalue weighted by atomic mass is 35.5. The Bertz CT molecular complexity index is 596. The van der Waals surface area contributed by atoms with Gasteiger partial charge in [0.15, 0.2) is 0 Å². The highest BCUT2D eigenvalue weighted by molar-refractivity contribution is 7.98. The molecule has 0 aliphatic carbocycles. The molecule has 0 saturated heterocycles. The number of nitrogens with one attached hydrogen (secondary N) is 1. The van der Waals surface area contributed by atoms with E-state index in [1.165, 1.54) is 10.5 Å². The molecular weight excluding hydrogens is 300 g/mol. The highest BCUT2D eigenvalue weighted by Gasteiger charge is 2.10. The van der Waals surface area contributed by atoms with Gasteiger partial charge < -0.3 is 10.2 Å². The van der Waals surface area contributed by atoms with Crippen LogP contribution in [0.2, 0.25) is 5.02 Å². The van der Waals surface area contributed by atoms with Gasteiger partial charge in [0.2, 0.25) is 0 Å². The molecule has 0 spiro atoms. The van der Waals surface area contributed by atoms with Crippen LogP contribution in [-0.2, 0) is 0 Å². The van der Waals surface area contributed by atoms with Crippen LogP contribution in [-0.4, -0.2) is 20.4 Å². The molecule has 0 saturated carbocycles. The first-order valence-corrected chi connectivity index (χ1v) is 8.49. The van der Waals surface area contributed by atoms with E-state index >= 15 is 0 Å². The first-order chi connectivity index (χ1) is 10.0. The fourth-order valence-corrected chi connectivity index (χ4v) is 2.80. The predicted molar refractivity (Wildman–Crippen MR) is 96.0 cm³/mol. The Labute approximate surface area is 136 Å². The van der Waals surface area contributed by atoms with Gasteiger partial charge in [0.1, 0.15) is 0 Å². The van der Waals surface area contributed by atoms with Crippen molar-refractivity contribution < 1.29 is 0 Å². The maximum absolute atomic E-state index is 6.13. The number of rotatable bonds is 5. The molecule has 1 N–H and O–H groups in total. The lowest BCUT2D eigenvalue weighted by atomic mass is 10.1. The van der Waals surface area contributed by atoms with E-state index < -0.39 is 0 Å². The van der Waals surface area contributed by atoms with Gasteiger partial charge in [0, 0.05) is 30.1 Å². The van der Waals surface area contributed by atoms with Crippen LogP contribution in [0.25, 0.3) is 0 Å². The predicted octanol–water partition coefficient (Wildman–Crippen LogP) is 5.30. The Morgan fingerprint density at radius 2 is 1.76 bits per heavy atom. The normalized spacial score (nSPS) is 12.0. The van der Waals surface area contributed by atoms with Crippen LogP contribution in [0, 0.1) is 0 Å². The molecule has 2 rings (SSSR count). The molecule has 0 heterocycles. The summed E-state index contributed by atoms with van der Waals surface area (Å²) in [6.07, 6.45) is 2.09. The summed E-state index contributed by atoms with van der Waals surface area (Å²) >= 11 is 7.89. The maximum Gasteiger partial charge on any atom is 0.0598 e. The molecule has 1 atom stereocenters. The lowest BCUT2D eigenvalue weighted by molar-refractivity contribution is 0.881. The fraction of sp³-hybridized carbons (Fsp3) is 0.294. The zero-order valence-corrected chi connectivity index (χ0v) is 14.4. The van der Waals surface area contributed by atoms with Crippen LogP contribution in [0.5, 0.6) is 0 Å². The summed E-state index contributed by atoms with van der Waals surface area (Å²) in [7, 11) is 4.07. The van der Waals surface area contributed by atoms with Crippen LogP contribution in [0.1, 0.15) is 18.5 Å². The third kappa shape index (κ3) is 4.08. The summed E-state index contributed by atoms with van der Waals surface area (Å²) < 4.78 is 0. The third-order valence-corrected chi connectivity index (χ3v) is 4.41. The monoisotopic (exact) mass is 320 g/mol. The lowest BCUT2D eigenvalue weighted by Crippen LogP contribution is -2.14. The maximum atomic E-state index is 6.13. The standard InChI is InChI=1S/C17H21ClN2S/c1-12(13-5-8-15(21-4)9-6-13)19-16-11-14(18)7-10-17(16)20(2)3/h5-12,19H,1-4H3. The van der Waals surface area contributed by atoms with Crippen molar-refractivity contribution in [2.45, 2.75) is 17.9 Å². The number of nitrogens with zero attached hydrogens (tertiary/aromatic N) is 1. The minimum Gasteiger partial charge on any atom is -0.377 e. The Morgan fingerprint density at radius 1 is 1.10 bits per heavy atom. The molecule has 21 heavy (non-hydrogen) atoms. The minimum atomic E-state index is 0.220. The summed E-state index contributed by atoms with van der Waals surface area (Å²) in [4.78, 5) is 3.37. The topological polar surface area (TPSA) is 15.3 Å².